The third-order valence-corrected chi connectivity index (χ3v) is 2.74. The van der Waals surface area contributed by atoms with Crippen molar-refractivity contribution in [1.82, 2.24) is 15.1 Å². The molecule has 0 saturated heterocycles. The van der Waals surface area contributed by atoms with Crippen molar-refractivity contribution < 1.29 is 13.6 Å². The van der Waals surface area contributed by atoms with E-state index in [2.05, 4.69) is 10.4 Å². The molecule has 0 unspecified atom stereocenters. The Kier molecular flexibility index (Phi) is 3.97. The number of anilines is 1. The van der Waals surface area contributed by atoms with E-state index in [1.54, 1.807) is 17.1 Å². The van der Waals surface area contributed by atoms with Crippen LogP contribution in [-0.2, 0) is 6.54 Å². The highest BCUT2D eigenvalue weighted by molar-refractivity contribution is 5.95. The summed E-state index contributed by atoms with van der Waals surface area (Å²) in [6.45, 7) is 2.50. The van der Waals surface area contributed by atoms with Crippen molar-refractivity contribution in [3.05, 3.63) is 47.3 Å². The highest BCUT2D eigenvalue weighted by atomic mass is 19.1. The second kappa shape index (κ2) is 5.68. The van der Waals surface area contributed by atoms with Crippen LogP contribution < -0.4 is 11.1 Å². The molecule has 0 saturated carbocycles. The second-order valence-electron chi connectivity index (χ2n) is 4.36. The molecule has 106 valence electrons. The molecule has 20 heavy (non-hydrogen) atoms. The van der Waals surface area contributed by atoms with Crippen molar-refractivity contribution in [3.8, 4) is 0 Å². The van der Waals surface area contributed by atoms with E-state index in [-0.39, 0.29) is 12.2 Å². The lowest BCUT2D eigenvalue weighted by molar-refractivity contribution is 0.0943. The number of benzene rings is 1. The minimum atomic E-state index is -1.04. The maximum Gasteiger partial charge on any atom is 0.257 e. The molecule has 1 aromatic heterocycles. The fourth-order valence-corrected chi connectivity index (χ4v) is 1.74. The lowest BCUT2D eigenvalue weighted by Crippen LogP contribution is -2.29. The number of hydrogen-bond donors (Lipinski definition) is 2. The molecule has 7 heteroatoms. The van der Waals surface area contributed by atoms with Crippen LogP contribution in [-0.4, -0.2) is 22.2 Å². The number of aryl methyl sites for hydroxylation is 1. The van der Waals surface area contributed by atoms with E-state index in [9.17, 15) is 13.6 Å². The predicted octanol–water partition coefficient (Wildman–Crippen LogP) is 1.48. The number of aromatic nitrogens is 2. The first kappa shape index (κ1) is 14.0. The van der Waals surface area contributed by atoms with Crippen molar-refractivity contribution in [2.75, 3.05) is 12.3 Å². The summed E-state index contributed by atoms with van der Waals surface area (Å²) in [6, 6.07) is 2.04. The van der Waals surface area contributed by atoms with Gasteiger partial charge in [-0.3, -0.25) is 9.48 Å². The van der Waals surface area contributed by atoms with Gasteiger partial charge in [0.15, 0.2) is 5.82 Å². The quantitative estimate of drug-likeness (QED) is 0.833. The summed E-state index contributed by atoms with van der Waals surface area (Å²) in [4.78, 5) is 11.8. The van der Waals surface area contributed by atoms with Gasteiger partial charge >= 0.3 is 0 Å². The zero-order valence-electron chi connectivity index (χ0n) is 10.9. The van der Waals surface area contributed by atoms with Gasteiger partial charge in [0.1, 0.15) is 11.4 Å². The van der Waals surface area contributed by atoms with Gasteiger partial charge in [0.25, 0.3) is 5.91 Å². The largest absolute Gasteiger partial charge is 0.396 e. The molecule has 0 aliphatic carbocycles. The van der Waals surface area contributed by atoms with E-state index in [0.29, 0.717) is 6.54 Å². The molecule has 0 aliphatic rings. The van der Waals surface area contributed by atoms with Gasteiger partial charge in [0.2, 0.25) is 0 Å². The monoisotopic (exact) mass is 280 g/mol. The smallest absolute Gasteiger partial charge is 0.257 e. The molecule has 1 aromatic carbocycles. The molecule has 0 aliphatic heterocycles. The molecule has 2 aromatic rings. The SMILES string of the molecule is Cc1cnn(CCNC(=O)c2c(F)ccc(N)c2F)c1. The normalized spacial score (nSPS) is 10.6. The zero-order valence-corrected chi connectivity index (χ0v) is 10.9. The average Bonchev–Trinajstić information content (AvgIpc) is 2.80. The fraction of sp³-hybridized carbons (Fsp3) is 0.231. The molecule has 3 N–H and O–H groups in total. The van der Waals surface area contributed by atoms with Crippen LogP contribution in [0.2, 0.25) is 0 Å². The van der Waals surface area contributed by atoms with Gasteiger partial charge in [-0.2, -0.15) is 5.10 Å². The summed E-state index contributed by atoms with van der Waals surface area (Å²) in [6.07, 6.45) is 3.48. The van der Waals surface area contributed by atoms with Crippen LogP contribution in [0.25, 0.3) is 0 Å². The number of carbonyl (C=O) groups is 1. The molecule has 0 radical (unpaired) electrons. The van der Waals surface area contributed by atoms with Crippen LogP contribution in [0.4, 0.5) is 14.5 Å². The summed E-state index contributed by atoms with van der Waals surface area (Å²) < 4.78 is 28.7. The minimum absolute atomic E-state index is 0.202. The maximum absolute atomic E-state index is 13.6. The molecular weight excluding hydrogens is 266 g/mol. The van der Waals surface area contributed by atoms with E-state index in [4.69, 9.17) is 5.73 Å². The Bertz CT molecular complexity index is 639. The number of nitrogens with one attached hydrogen (secondary N) is 1. The van der Waals surface area contributed by atoms with Crippen LogP contribution in [0.3, 0.4) is 0 Å². The first-order chi connectivity index (χ1) is 9.49. The van der Waals surface area contributed by atoms with Crippen molar-refractivity contribution >= 4 is 11.6 Å². The van der Waals surface area contributed by atoms with Crippen molar-refractivity contribution in [1.29, 1.82) is 0 Å². The summed E-state index contributed by atoms with van der Waals surface area (Å²) in [5, 5.41) is 6.46. The third-order valence-electron chi connectivity index (χ3n) is 2.74. The van der Waals surface area contributed by atoms with Gasteiger partial charge in [-0.25, -0.2) is 8.78 Å². The highest BCUT2D eigenvalue weighted by Crippen LogP contribution is 2.18. The molecule has 0 atom stereocenters. The highest BCUT2D eigenvalue weighted by Gasteiger charge is 2.19. The van der Waals surface area contributed by atoms with Crippen LogP contribution in [0.15, 0.2) is 24.5 Å². The first-order valence-corrected chi connectivity index (χ1v) is 5.99. The van der Waals surface area contributed by atoms with E-state index in [1.165, 1.54) is 0 Å². The van der Waals surface area contributed by atoms with Gasteiger partial charge in [-0.05, 0) is 24.6 Å². The standard InChI is InChI=1S/C13H14F2N4O/c1-8-6-18-19(7-8)5-4-17-13(20)11-9(14)2-3-10(16)12(11)15/h2-3,6-7H,4-5,16H2,1H3,(H,17,20). The topological polar surface area (TPSA) is 72.9 Å². The molecule has 1 heterocycles. The Morgan fingerprint density at radius 3 is 2.85 bits per heavy atom. The lowest BCUT2D eigenvalue weighted by atomic mass is 10.1. The molecular formula is C13H14F2N4O. The zero-order chi connectivity index (χ0) is 14.7. The number of nitrogens with two attached hydrogens (primary N) is 1. The molecule has 0 fully saturated rings. The van der Waals surface area contributed by atoms with Crippen molar-refractivity contribution in [2.45, 2.75) is 13.5 Å². The summed E-state index contributed by atoms with van der Waals surface area (Å²) in [5.74, 6) is -2.82. The Balaban J connectivity index is 2.00. The Hall–Kier alpha value is -2.44. The first-order valence-electron chi connectivity index (χ1n) is 5.99. The number of hydrogen-bond acceptors (Lipinski definition) is 3. The summed E-state index contributed by atoms with van der Waals surface area (Å²) >= 11 is 0. The Morgan fingerprint density at radius 2 is 2.20 bits per heavy atom. The number of amides is 1. The van der Waals surface area contributed by atoms with Gasteiger partial charge in [0, 0.05) is 12.7 Å². The van der Waals surface area contributed by atoms with Crippen molar-refractivity contribution in [3.63, 3.8) is 0 Å². The second-order valence-corrected chi connectivity index (χ2v) is 4.36. The average molecular weight is 280 g/mol. The number of carbonyl (C=O) groups excluding carboxylic acids is 1. The predicted molar refractivity (Wildman–Crippen MR) is 70.1 cm³/mol. The van der Waals surface area contributed by atoms with Crippen LogP contribution >= 0.6 is 0 Å². The van der Waals surface area contributed by atoms with Crippen LogP contribution in [0.1, 0.15) is 15.9 Å². The number of nitrogen functional groups attached to an aromatic ring is 1. The maximum atomic E-state index is 13.6. The summed E-state index contributed by atoms with van der Waals surface area (Å²) in [7, 11) is 0. The molecule has 5 nitrogen and oxygen atoms in total. The van der Waals surface area contributed by atoms with Gasteiger partial charge in [-0.15, -0.1) is 0 Å². The molecule has 2 rings (SSSR count). The van der Waals surface area contributed by atoms with E-state index >= 15 is 0 Å². The van der Waals surface area contributed by atoms with Gasteiger partial charge < -0.3 is 11.1 Å². The number of halogens is 2. The van der Waals surface area contributed by atoms with E-state index in [0.717, 1.165) is 17.7 Å². The molecule has 0 spiro atoms. The van der Waals surface area contributed by atoms with E-state index < -0.39 is 23.1 Å². The van der Waals surface area contributed by atoms with Gasteiger partial charge in [-0.1, -0.05) is 0 Å². The lowest BCUT2D eigenvalue weighted by Gasteiger charge is -2.08. The number of rotatable bonds is 4. The Morgan fingerprint density at radius 1 is 1.45 bits per heavy atom. The fourth-order valence-electron chi connectivity index (χ4n) is 1.74. The van der Waals surface area contributed by atoms with E-state index in [1.807, 2.05) is 6.92 Å². The number of nitrogens with zero attached hydrogens (tertiary/aromatic N) is 2. The molecule has 0 bridgehead atoms. The van der Waals surface area contributed by atoms with Crippen LogP contribution in [0.5, 0.6) is 0 Å². The van der Waals surface area contributed by atoms with Gasteiger partial charge in [0.05, 0.1) is 18.4 Å². The summed E-state index contributed by atoms with van der Waals surface area (Å²) in [5.41, 5.74) is 5.37. The third kappa shape index (κ3) is 2.93. The van der Waals surface area contributed by atoms with Crippen LogP contribution in [0, 0.1) is 18.6 Å². The minimum Gasteiger partial charge on any atom is -0.396 e. The molecule has 1 amide bonds. The van der Waals surface area contributed by atoms with Crippen molar-refractivity contribution in [2.24, 2.45) is 0 Å². The Labute approximate surface area is 114 Å².